The summed E-state index contributed by atoms with van der Waals surface area (Å²) in [4.78, 5) is 39.3. The molecule has 1 atom stereocenters. The largest absolute Gasteiger partial charge is 0.328 e. The van der Waals surface area contributed by atoms with Crippen molar-refractivity contribution in [2.24, 2.45) is 10.9 Å². The molecule has 1 heterocycles. The van der Waals surface area contributed by atoms with E-state index in [1.54, 1.807) is 0 Å². The molecule has 0 saturated carbocycles. The van der Waals surface area contributed by atoms with Gasteiger partial charge in [-0.05, 0) is 18.9 Å². The van der Waals surface area contributed by atoms with Crippen LogP contribution in [0, 0.1) is 5.92 Å². The molecule has 0 unspecified atom stereocenters. The lowest BCUT2D eigenvalue weighted by molar-refractivity contribution is -0.132. The molecule has 1 aromatic carbocycles. The fourth-order valence-corrected chi connectivity index (χ4v) is 2.25. The molecular formula is C15H17N3O3. The molecule has 6 nitrogen and oxygen atoms in total. The number of hydrogen-bond acceptors (Lipinski definition) is 4. The van der Waals surface area contributed by atoms with Gasteiger partial charge in [0.05, 0.1) is 6.04 Å². The first-order valence-electron chi connectivity index (χ1n) is 6.80. The Bertz CT molecular complexity index is 575. The second kappa shape index (κ2) is 6.30. The van der Waals surface area contributed by atoms with E-state index < -0.39 is 23.8 Å². The average molecular weight is 287 g/mol. The maximum atomic E-state index is 11.9. The topological polar surface area (TPSA) is 87.6 Å². The van der Waals surface area contributed by atoms with Gasteiger partial charge in [0.2, 0.25) is 11.8 Å². The Kier molecular flexibility index (Phi) is 4.47. The van der Waals surface area contributed by atoms with E-state index in [4.69, 9.17) is 0 Å². The summed E-state index contributed by atoms with van der Waals surface area (Å²) < 4.78 is 0. The first-order valence-corrected chi connectivity index (χ1v) is 6.80. The number of urea groups is 1. The molecule has 0 bridgehead atoms. The summed E-state index contributed by atoms with van der Waals surface area (Å²) in [7, 11) is 0. The zero-order valence-corrected chi connectivity index (χ0v) is 11.9. The van der Waals surface area contributed by atoms with Gasteiger partial charge in [0.25, 0.3) is 0 Å². The van der Waals surface area contributed by atoms with Crippen LogP contribution < -0.4 is 10.6 Å². The van der Waals surface area contributed by atoms with Gasteiger partial charge in [0.1, 0.15) is 0 Å². The number of carbonyl (C=O) groups excluding carboxylic acids is 3. The lowest BCUT2D eigenvalue weighted by Gasteiger charge is -2.22. The van der Waals surface area contributed by atoms with Crippen molar-refractivity contribution in [2.45, 2.75) is 26.3 Å². The normalized spacial score (nSPS) is 18.2. The quantitative estimate of drug-likeness (QED) is 0.651. The third-order valence-electron chi connectivity index (χ3n) is 3.33. The Labute approximate surface area is 122 Å². The van der Waals surface area contributed by atoms with Crippen LogP contribution in [0.25, 0.3) is 0 Å². The maximum Gasteiger partial charge on any atom is 0.328 e. The van der Waals surface area contributed by atoms with Crippen molar-refractivity contribution in [3.63, 3.8) is 0 Å². The number of rotatable bonds is 4. The molecule has 1 fully saturated rings. The molecule has 1 aliphatic rings. The Morgan fingerprint density at radius 1 is 1.14 bits per heavy atom. The van der Waals surface area contributed by atoms with Crippen molar-refractivity contribution in [1.29, 1.82) is 0 Å². The first-order chi connectivity index (χ1) is 10.0. The van der Waals surface area contributed by atoms with E-state index in [1.165, 1.54) is 0 Å². The van der Waals surface area contributed by atoms with Crippen LogP contribution in [-0.2, 0) is 9.59 Å². The minimum Gasteiger partial charge on any atom is -0.285 e. The molecule has 4 amide bonds. The molecule has 0 radical (unpaired) electrons. The summed E-state index contributed by atoms with van der Waals surface area (Å²) in [5.41, 5.74) is 1.46. The van der Waals surface area contributed by atoms with E-state index in [1.807, 2.05) is 44.2 Å². The molecule has 1 aromatic rings. The number of carbonyl (C=O) groups is 3. The van der Waals surface area contributed by atoms with Crippen LogP contribution in [-0.4, -0.2) is 23.6 Å². The lowest BCUT2D eigenvalue weighted by atomic mass is 9.97. The summed E-state index contributed by atoms with van der Waals surface area (Å²) >= 11 is 0. The zero-order chi connectivity index (χ0) is 15.4. The van der Waals surface area contributed by atoms with Gasteiger partial charge in [-0.15, -0.1) is 0 Å². The summed E-state index contributed by atoms with van der Waals surface area (Å²) in [6.07, 6.45) is 0.455. The predicted octanol–water partition coefficient (Wildman–Crippen LogP) is 1.58. The second-order valence-electron chi connectivity index (χ2n) is 4.80. The van der Waals surface area contributed by atoms with Crippen molar-refractivity contribution in [2.75, 3.05) is 0 Å². The highest BCUT2D eigenvalue weighted by molar-refractivity contribution is 6.27. The highest BCUT2D eigenvalue weighted by Gasteiger charge is 2.37. The molecule has 110 valence electrons. The first kappa shape index (κ1) is 14.9. The molecule has 0 aliphatic carbocycles. The second-order valence-corrected chi connectivity index (χ2v) is 4.80. The van der Waals surface area contributed by atoms with Gasteiger partial charge in [0.15, 0.2) is 5.92 Å². The predicted molar refractivity (Wildman–Crippen MR) is 77.8 cm³/mol. The lowest BCUT2D eigenvalue weighted by Crippen LogP contribution is -2.57. The van der Waals surface area contributed by atoms with E-state index >= 15 is 0 Å². The van der Waals surface area contributed by atoms with Gasteiger partial charge in [0, 0.05) is 5.71 Å². The number of benzene rings is 1. The maximum absolute atomic E-state index is 11.9. The van der Waals surface area contributed by atoms with Gasteiger partial charge in [-0.3, -0.25) is 25.2 Å². The third-order valence-corrected chi connectivity index (χ3v) is 3.33. The minimum atomic E-state index is -1.04. The Morgan fingerprint density at radius 3 is 2.24 bits per heavy atom. The van der Waals surface area contributed by atoms with Crippen molar-refractivity contribution in [1.82, 2.24) is 10.6 Å². The number of hydrogen-bond donors (Lipinski definition) is 2. The van der Waals surface area contributed by atoms with E-state index in [0.717, 1.165) is 5.56 Å². The van der Waals surface area contributed by atoms with Crippen molar-refractivity contribution in [3.05, 3.63) is 35.9 Å². The van der Waals surface area contributed by atoms with Crippen LogP contribution in [0.5, 0.6) is 0 Å². The molecule has 0 spiro atoms. The van der Waals surface area contributed by atoms with Crippen molar-refractivity contribution in [3.8, 4) is 0 Å². The number of aliphatic imine (C=N–C) groups is 1. The summed E-state index contributed by atoms with van der Waals surface area (Å²) in [5, 5.41) is 4.19. The SMILES string of the molecule is CCC(=N[C@H](C)c1ccccc1)C1C(=O)NC(=O)NC1=O. The number of imide groups is 2. The van der Waals surface area contributed by atoms with Gasteiger partial charge < -0.3 is 0 Å². The average Bonchev–Trinajstić information content (AvgIpc) is 2.45. The zero-order valence-electron chi connectivity index (χ0n) is 11.9. The van der Waals surface area contributed by atoms with E-state index in [9.17, 15) is 14.4 Å². The van der Waals surface area contributed by atoms with Gasteiger partial charge in [-0.25, -0.2) is 4.79 Å². The smallest absolute Gasteiger partial charge is 0.285 e. The molecular weight excluding hydrogens is 270 g/mol. The molecule has 0 aromatic heterocycles. The van der Waals surface area contributed by atoms with Crippen LogP contribution in [0.1, 0.15) is 31.9 Å². The molecule has 6 heteroatoms. The molecule has 2 N–H and O–H groups in total. The fraction of sp³-hybridized carbons (Fsp3) is 0.333. The van der Waals surface area contributed by atoms with Crippen LogP contribution in [0.3, 0.4) is 0 Å². The van der Waals surface area contributed by atoms with Crippen LogP contribution in [0.15, 0.2) is 35.3 Å². The van der Waals surface area contributed by atoms with Gasteiger partial charge in [-0.2, -0.15) is 0 Å². The minimum absolute atomic E-state index is 0.167. The van der Waals surface area contributed by atoms with E-state index in [0.29, 0.717) is 12.1 Å². The number of barbiturate groups is 1. The van der Waals surface area contributed by atoms with Crippen LogP contribution in [0.4, 0.5) is 4.79 Å². The Hall–Kier alpha value is -2.50. The monoisotopic (exact) mass is 287 g/mol. The van der Waals surface area contributed by atoms with E-state index in [2.05, 4.69) is 15.6 Å². The van der Waals surface area contributed by atoms with Crippen molar-refractivity contribution >= 4 is 23.6 Å². The molecule has 1 aliphatic heterocycles. The number of nitrogens with zero attached hydrogens (tertiary/aromatic N) is 1. The van der Waals surface area contributed by atoms with Crippen LogP contribution in [0.2, 0.25) is 0 Å². The third kappa shape index (κ3) is 3.34. The number of amides is 4. The van der Waals surface area contributed by atoms with Crippen molar-refractivity contribution < 1.29 is 14.4 Å². The Balaban J connectivity index is 2.26. The van der Waals surface area contributed by atoms with Gasteiger partial charge in [-0.1, -0.05) is 37.3 Å². The number of nitrogens with one attached hydrogen (secondary N) is 2. The molecule has 2 rings (SSSR count). The van der Waals surface area contributed by atoms with Gasteiger partial charge >= 0.3 is 6.03 Å². The Morgan fingerprint density at radius 2 is 1.71 bits per heavy atom. The summed E-state index contributed by atoms with van der Waals surface area (Å²) in [6, 6.07) is 8.65. The highest BCUT2D eigenvalue weighted by atomic mass is 16.2. The van der Waals surface area contributed by atoms with Crippen LogP contribution >= 0.6 is 0 Å². The van der Waals surface area contributed by atoms with E-state index in [-0.39, 0.29) is 6.04 Å². The summed E-state index contributed by atoms with van der Waals surface area (Å²) in [5.74, 6) is -2.28. The molecule has 21 heavy (non-hydrogen) atoms. The fourth-order valence-electron chi connectivity index (χ4n) is 2.25. The standard InChI is InChI=1S/C15H17N3O3/c1-3-11(12-13(19)17-15(21)18-14(12)20)16-9(2)10-7-5-4-6-8-10/h4-9,12H,3H2,1-2H3,(H2,17,18,19,20,21)/t9-/m1/s1. The summed E-state index contributed by atoms with van der Waals surface area (Å²) in [6.45, 7) is 3.72. The molecule has 1 saturated heterocycles. The highest BCUT2D eigenvalue weighted by Crippen LogP contribution is 2.19.